The number of hydrogen-bond donors (Lipinski definition) is 2. The highest BCUT2D eigenvalue weighted by Gasteiger charge is 2.46. The molecule has 1 fully saturated rings. The molecule has 1 saturated carbocycles. The average Bonchev–Trinajstić information content (AvgIpc) is 2.47. The molecule has 0 aromatic carbocycles. The van der Waals surface area contributed by atoms with Gasteiger partial charge in [-0.05, 0) is 6.07 Å². The Bertz CT molecular complexity index is 367. The Morgan fingerprint density at radius 1 is 1.64 bits per heavy atom. The number of hydrogen-bond acceptors (Lipinski definition) is 2. The van der Waals surface area contributed by atoms with E-state index in [1.54, 1.807) is 0 Å². The Labute approximate surface area is 77.9 Å². The van der Waals surface area contributed by atoms with E-state index in [0.29, 0.717) is 5.69 Å². The SMILES string of the molecule is O=C(O)c1cc(C2CC(F)(F)C2)[nH]n1. The Kier molecular flexibility index (Phi) is 1.80. The molecule has 0 saturated heterocycles. The number of aromatic amines is 1. The second kappa shape index (κ2) is 2.76. The third-order valence-electron chi connectivity index (χ3n) is 2.35. The van der Waals surface area contributed by atoms with Crippen molar-refractivity contribution >= 4 is 5.97 Å². The third kappa shape index (κ3) is 1.47. The first-order valence-electron chi connectivity index (χ1n) is 4.14. The summed E-state index contributed by atoms with van der Waals surface area (Å²) in [6.07, 6.45) is -0.456. The van der Waals surface area contributed by atoms with Crippen molar-refractivity contribution in [1.29, 1.82) is 0 Å². The molecular weight excluding hydrogens is 194 g/mol. The minimum atomic E-state index is -2.60. The van der Waals surface area contributed by atoms with Gasteiger partial charge in [-0.25, -0.2) is 13.6 Å². The predicted molar refractivity (Wildman–Crippen MR) is 42.5 cm³/mol. The summed E-state index contributed by atoms with van der Waals surface area (Å²) in [5.74, 6) is -4.04. The number of carboxylic acid groups (broad SMARTS) is 1. The number of rotatable bonds is 2. The minimum Gasteiger partial charge on any atom is -0.476 e. The quantitative estimate of drug-likeness (QED) is 0.765. The van der Waals surface area contributed by atoms with Crippen LogP contribution in [0.1, 0.15) is 34.9 Å². The first-order valence-corrected chi connectivity index (χ1v) is 4.14. The zero-order chi connectivity index (χ0) is 10.3. The van der Waals surface area contributed by atoms with Crippen molar-refractivity contribution in [2.24, 2.45) is 0 Å². The van der Waals surface area contributed by atoms with Crippen LogP contribution in [0.4, 0.5) is 8.78 Å². The van der Waals surface area contributed by atoms with Crippen LogP contribution in [0.3, 0.4) is 0 Å². The molecule has 0 unspecified atom stereocenters. The monoisotopic (exact) mass is 202 g/mol. The van der Waals surface area contributed by atoms with Crippen LogP contribution < -0.4 is 0 Å². The van der Waals surface area contributed by atoms with E-state index in [2.05, 4.69) is 10.2 Å². The van der Waals surface area contributed by atoms with Gasteiger partial charge in [-0.15, -0.1) is 0 Å². The maximum Gasteiger partial charge on any atom is 0.356 e. The number of alkyl halides is 2. The van der Waals surface area contributed by atoms with E-state index in [9.17, 15) is 13.6 Å². The van der Waals surface area contributed by atoms with Crippen molar-refractivity contribution in [3.8, 4) is 0 Å². The summed E-state index contributed by atoms with van der Waals surface area (Å²) in [4.78, 5) is 10.4. The molecule has 2 N–H and O–H groups in total. The van der Waals surface area contributed by atoms with Crippen molar-refractivity contribution in [3.63, 3.8) is 0 Å². The van der Waals surface area contributed by atoms with Gasteiger partial charge in [0.25, 0.3) is 0 Å². The molecule has 1 aromatic heterocycles. The lowest BCUT2D eigenvalue weighted by Gasteiger charge is -2.33. The lowest BCUT2D eigenvalue weighted by atomic mass is 9.79. The molecule has 0 atom stereocenters. The topological polar surface area (TPSA) is 66.0 Å². The van der Waals surface area contributed by atoms with Crippen LogP contribution >= 0.6 is 0 Å². The van der Waals surface area contributed by atoms with Gasteiger partial charge < -0.3 is 5.11 Å². The fourth-order valence-electron chi connectivity index (χ4n) is 1.54. The molecule has 0 bridgehead atoms. The number of nitrogens with one attached hydrogen (secondary N) is 1. The zero-order valence-electron chi connectivity index (χ0n) is 7.13. The van der Waals surface area contributed by atoms with Crippen LogP contribution in [0, 0.1) is 0 Å². The van der Waals surface area contributed by atoms with Gasteiger partial charge in [-0.2, -0.15) is 5.10 Å². The molecule has 6 heteroatoms. The number of H-pyrrole nitrogens is 1. The number of aromatic carboxylic acids is 1. The molecule has 1 heterocycles. The van der Waals surface area contributed by atoms with Gasteiger partial charge in [0.2, 0.25) is 5.92 Å². The molecule has 0 spiro atoms. The van der Waals surface area contributed by atoms with Gasteiger partial charge >= 0.3 is 5.97 Å². The third-order valence-corrected chi connectivity index (χ3v) is 2.35. The molecule has 1 aliphatic carbocycles. The Morgan fingerprint density at radius 3 is 2.71 bits per heavy atom. The highest BCUT2D eigenvalue weighted by Crippen LogP contribution is 2.47. The summed E-state index contributed by atoms with van der Waals surface area (Å²) in [6, 6.07) is 1.31. The summed E-state index contributed by atoms with van der Waals surface area (Å²) in [5, 5.41) is 14.5. The molecular formula is C8H8F2N2O2. The van der Waals surface area contributed by atoms with Crippen LogP contribution in [-0.4, -0.2) is 27.2 Å². The first kappa shape index (κ1) is 9.11. The predicted octanol–water partition coefficient (Wildman–Crippen LogP) is 1.62. The lowest BCUT2D eigenvalue weighted by Crippen LogP contribution is -2.33. The van der Waals surface area contributed by atoms with E-state index >= 15 is 0 Å². The molecule has 1 aromatic rings. The summed E-state index contributed by atoms with van der Waals surface area (Å²) in [5.41, 5.74) is 0.351. The number of carbonyl (C=O) groups is 1. The fraction of sp³-hybridized carbons (Fsp3) is 0.500. The zero-order valence-corrected chi connectivity index (χ0v) is 7.13. The van der Waals surface area contributed by atoms with Gasteiger partial charge in [0.1, 0.15) is 0 Å². The van der Waals surface area contributed by atoms with E-state index in [1.165, 1.54) is 6.07 Å². The van der Waals surface area contributed by atoms with E-state index in [-0.39, 0.29) is 24.5 Å². The summed E-state index contributed by atoms with van der Waals surface area (Å²) in [6.45, 7) is 0. The Morgan fingerprint density at radius 2 is 2.29 bits per heavy atom. The molecule has 0 amide bonds. The number of halogens is 2. The Hall–Kier alpha value is -1.46. The minimum absolute atomic E-state index is 0.129. The number of nitrogens with zero attached hydrogens (tertiary/aromatic N) is 1. The van der Waals surface area contributed by atoms with Crippen LogP contribution in [0.2, 0.25) is 0 Å². The van der Waals surface area contributed by atoms with Crippen molar-refractivity contribution < 1.29 is 18.7 Å². The second-order valence-electron chi connectivity index (χ2n) is 3.47. The second-order valence-corrected chi connectivity index (χ2v) is 3.47. The van der Waals surface area contributed by atoms with Crippen molar-refractivity contribution in [2.75, 3.05) is 0 Å². The molecule has 4 nitrogen and oxygen atoms in total. The van der Waals surface area contributed by atoms with Gasteiger partial charge in [0.15, 0.2) is 5.69 Å². The summed E-state index contributed by atoms with van der Waals surface area (Å²) >= 11 is 0. The smallest absolute Gasteiger partial charge is 0.356 e. The van der Waals surface area contributed by atoms with Crippen LogP contribution in [-0.2, 0) is 0 Å². The largest absolute Gasteiger partial charge is 0.476 e. The summed E-state index contributed by atoms with van der Waals surface area (Å²) in [7, 11) is 0. The van der Waals surface area contributed by atoms with Crippen molar-refractivity contribution in [2.45, 2.75) is 24.7 Å². The lowest BCUT2D eigenvalue weighted by molar-refractivity contribution is -0.0876. The average molecular weight is 202 g/mol. The summed E-state index contributed by atoms with van der Waals surface area (Å²) < 4.78 is 25.0. The number of aromatic nitrogens is 2. The van der Waals surface area contributed by atoms with Crippen LogP contribution in [0.5, 0.6) is 0 Å². The van der Waals surface area contributed by atoms with E-state index < -0.39 is 11.9 Å². The van der Waals surface area contributed by atoms with Crippen molar-refractivity contribution in [3.05, 3.63) is 17.5 Å². The molecule has 0 radical (unpaired) electrons. The van der Waals surface area contributed by atoms with E-state index in [4.69, 9.17) is 5.11 Å². The van der Waals surface area contributed by atoms with E-state index in [1.807, 2.05) is 0 Å². The fourth-order valence-corrected chi connectivity index (χ4v) is 1.54. The van der Waals surface area contributed by atoms with E-state index in [0.717, 1.165) is 0 Å². The maximum absolute atomic E-state index is 12.5. The molecule has 0 aliphatic heterocycles. The van der Waals surface area contributed by atoms with Gasteiger partial charge in [0.05, 0.1) is 0 Å². The molecule has 76 valence electrons. The van der Waals surface area contributed by atoms with Crippen LogP contribution in [0.15, 0.2) is 6.07 Å². The maximum atomic E-state index is 12.5. The number of carboxylic acids is 1. The highest BCUT2D eigenvalue weighted by molar-refractivity contribution is 5.85. The molecule has 1 aliphatic rings. The standard InChI is InChI=1S/C8H8F2N2O2/c9-8(10)2-4(3-8)5-1-6(7(13)14)12-11-5/h1,4H,2-3H2,(H,11,12)(H,13,14). The Balaban J connectivity index is 2.08. The first-order chi connectivity index (χ1) is 6.48. The molecule has 2 rings (SSSR count). The van der Waals surface area contributed by atoms with Crippen LogP contribution in [0.25, 0.3) is 0 Å². The normalized spacial score (nSPS) is 20.4. The van der Waals surface area contributed by atoms with Gasteiger partial charge in [-0.3, -0.25) is 5.10 Å². The highest BCUT2D eigenvalue weighted by atomic mass is 19.3. The van der Waals surface area contributed by atoms with Gasteiger partial charge in [-0.1, -0.05) is 0 Å². The molecule has 14 heavy (non-hydrogen) atoms. The van der Waals surface area contributed by atoms with Gasteiger partial charge in [0, 0.05) is 24.5 Å². The van der Waals surface area contributed by atoms with Crippen molar-refractivity contribution in [1.82, 2.24) is 10.2 Å².